The summed E-state index contributed by atoms with van der Waals surface area (Å²) in [6.07, 6.45) is 1.65. The maximum absolute atomic E-state index is 12.9. The van der Waals surface area contributed by atoms with Crippen molar-refractivity contribution in [3.05, 3.63) is 103 Å². The van der Waals surface area contributed by atoms with Crippen LogP contribution in [-0.4, -0.2) is 27.6 Å². The topological polar surface area (TPSA) is 99.0 Å². The molecular formula is C26H21BrN2O6S. The molecule has 3 aromatic carbocycles. The maximum Gasteiger partial charge on any atom is 0.293 e. The predicted molar refractivity (Wildman–Crippen MR) is 141 cm³/mol. The molecule has 0 spiro atoms. The average molecular weight is 569 g/mol. The Morgan fingerprint density at radius 1 is 1.03 bits per heavy atom. The zero-order valence-electron chi connectivity index (χ0n) is 19.2. The van der Waals surface area contributed by atoms with Crippen molar-refractivity contribution in [2.24, 2.45) is 0 Å². The molecule has 0 unspecified atom stereocenters. The molecule has 0 atom stereocenters. The Morgan fingerprint density at radius 3 is 2.58 bits per heavy atom. The highest BCUT2D eigenvalue weighted by Crippen LogP contribution is 2.36. The summed E-state index contributed by atoms with van der Waals surface area (Å²) in [5.74, 6) is 0.566. The van der Waals surface area contributed by atoms with Gasteiger partial charge < -0.3 is 9.47 Å². The highest BCUT2D eigenvalue weighted by molar-refractivity contribution is 9.10. The summed E-state index contributed by atoms with van der Waals surface area (Å²) in [5, 5.41) is 10.7. The molecule has 10 heteroatoms. The summed E-state index contributed by atoms with van der Waals surface area (Å²) in [6, 6.07) is 18.9. The Balaban J connectivity index is 1.51. The highest BCUT2D eigenvalue weighted by atomic mass is 79.9. The van der Waals surface area contributed by atoms with Crippen molar-refractivity contribution in [1.82, 2.24) is 4.90 Å². The van der Waals surface area contributed by atoms with Crippen molar-refractivity contribution in [2.45, 2.75) is 20.1 Å². The van der Waals surface area contributed by atoms with Gasteiger partial charge in [-0.25, -0.2) is 0 Å². The van der Waals surface area contributed by atoms with Gasteiger partial charge in [0.25, 0.3) is 16.8 Å². The fourth-order valence-corrected chi connectivity index (χ4v) is 4.76. The van der Waals surface area contributed by atoms with Gasteiger partial charge in [-0.2, -0.15) is 0 Å². The first-order valence-corrected chi connectivity index (χ1v) is 12.6. The minimum atomic E-state index is -0.454. The van der Waals surface area contributed by atoms with Crippen LogP contribution >= 0.6 is 27.7 Å². The van der Waals surface area contributed by atoms with Crippen LogP contribution in [0.4, 0.5) is 10.5 Å². The smallest absolute Gasteiger partial charge is 0.293 e. The number of benzene rings is 3. The third kappa shape index (κ3) is 5.95. The van der Waals surface area contributed by atoms with E-state index >= 15 is 0 Å². The van der Waals surface area contributed by atoms with Crippen molar-refractivity contribution < 1.29 is 24.0 Å². The zero-order chi connectivity index (χ0) is 25.7. The Bertz CT molecular complexity index is 1360. The van der Waals surface area contributed by atoms with Crippen LogP contribution in [0, 0.1) is 10.1 Å². The first-order valence-electron chi connectivity index (χ1n) is 11.0. The molecule has 1 heterocycles. The lowest BCUT2D eigenvalue weighted by molar-refractivity contribution is -0.384. The molecule has 184 valence electrons. The molecule has 1 aliphatic heterocycles. The standard InChI is InChI=1S/C26H21BrN2O6S/c1-2-34-23-13-17(10-11-22(23)35-16-18-6-5-8-20(12-18)29(32)33)14-24-25(30)28(26(31)36-24)15-19-7-3-4-9-21(19)27/h3-14H,2,15-16H2,1H3/b24-14+. The number of rotatable bonds is 9. The molecule has 1 fully saturated rings. The van der Waals surface area contributed by atoms with Crippen molar-refractivity contribution in [3.63, 3.8) is 0 Å². The van der Waals surface area contributed by atoms with E-state index in [1.807, 2.05) is 31.2 Å². The fraction of sp³-hybridized carbons (Fsp3) is 0.154. The zero-order valence-corrected chi connectivity index (χ0v) is 21.6. The summed E-state index contributed by atoms with van der Waals surface area (Å²) in [4.78, 5) is 37.6. The van der Waals surface area contributed by atoms with E-state index in [1.165, 1.54) is 17.0 Å². The van der Waals surface area contributed by atoms with Crippen LogP contribution < -0.4 is 9.47 Å². The van der Waals surface area contributed by atoms with Gasteiger partial charge in [-0.3, -0.25) is 24.6 Å². The maximum atomic E-state index is 12.9. The number of carbonyl (C=O) groups excluding carboxylic acids is 2. The lowest BCUT2D eigenvalue weighted by Gasteiger charge is -2.14. The van der Waals surface area contributed by atoms with E-state index in [9.17, 15) is 19.7 Å². The largest absolute Gasteiger partial charge is 0.490 e. The molecule has 36 heavy (non-hydrogen) atoms. The Labute approximate surface area is 220 Å². The third-order valence-electron chi connectivity index (χ3n) is 5.24. The van der Waals surface area contributed by atoms with E-state index in [0.717, 1.165) is 21.8 Å². The number of nitrogens with zero attached hydrogens (tertiary/aromatic N) is 2. The minimum absolute atomic E-state index is 0.00921. The molecule has 3 aromatic rings. The number of carbonyl (C=O) groups is 2. The molecule has 0 bridgehead atoms. The number of non-ortho nitro benzene ring substituents is 1. The van der Waals surface area contributed by atoms with Crippen LogP contribution in [0.25, 0.3) is 6.08 Å². The van der Waals surface area contributed by atoms with E-state index in [-0.39, 0.29) is 30.0 Å². The fourth-order valence-electron chi connectivity index (χ4n) is 3.51. The van der Waals surface area contributed by atoms with Gasteiger partial charge in [-0.1, -0.05) is 52.3 Å². The second-order valence-electron chi connectivity index (χ2n) is 7.71. The number of hydrogen-bond donors (Lipinski definition) is 0. The molecule has 1 aliphatic rings. The van der Waals surface area contributed by atoms with E-state index in [0.29, 0.717) is 34.1 Å². The molecule has 0 aromatic heterocycles. The van der Waals surface area contributed by atoms with Crippen LogP contribution in [0.2, 0.25) is 0 Å². The van der Waals surface area contributed by atoms with E-state index in [1.54, 1.807) is 36.4 Å². The van der Waals surface area contributed by atoms with Crippen LogP contribution in [0.3, 0.4) is 0 Å². The van der Waals surface area contributed by atoms with Crippen molar-refractivity contribution in [2.75, 3.05) is 6.61 Å². The second-order valence-corrected chi connectivity index (χ2v) is 9.56. The van der Waals surface area contributed by atoms with Crippen LogP contribution in [0.1, 0.15) is 23.6 Å². The first-order chi connectivity index (χ1) is 17.4. The van der Waals surface area contributed by atoms with Gasteiger partial charge in [0.05, 0.1) is 23.0 Å². The second kappa shape index (κ2) is 11.4. The van der Waals surface area contributed by atoms with Gasteiger partial charge in [-0.15, -0.1) is 0 Å². The predicted octanol–water partition coefficient (Wildman–Crippen LogP) is 6.57. The number of imide groups is 1. The molecule has 1 saturated heterocycles. The monoisotopic (exact) mass is 568 g/mol. The van der Waals surface area contributed by atoms with E-state index in [2.05, 4.69) is 15.9 Å². The average Bonchev–Trinajstić information content (AvgIpc) is 3.12. The van der Waals surface area contributed by atoms with Crippen LogP contribution in [0.5, 0.6) is 11.5 Å². The number of halogens is 1. The van der Waals surface area contributed by atoms with Crippen LogP contribution in [-0.2, 0) is 17.9 Å². The summed E-state index contributed by atoms with van der Waals surface area (Å²) < 4.78 is 12.4. The summed E-state index contributed by atoms with van der Waals surface area (Å²) in [7, 11) is 0. The van der Waals surface area contributed by atoms with Gasteiger partial charge in [-0.05, 0) is 59.7 Å². The molecular weight excluding hydrogens is 548 g/mol. The quantitative estimate of drug-likeness (QED) is 0.163. The van der Waals surface area contributed by atoms with Gasteiger partial charge in [0.2, 0.25) is 0 Å². The normalized spacial score (nSPS) is 14.4. The van der Waals surface area contributed by atoms with Gasteiger partial charge in [0.1, 0.15) is 6.61 Å². The number of hydrogen-bond acceptors (Lipinski definition) is 7. The Morgan fingerprint density at radius 2 is 1.83 bits per heavy atom. The first kappa shape index (κ1) is 25.5. The number of amides is 2. The van der Waals surface area contributed by atoms with E-state index in [4.69, 9.17) is 9.47 Å². The SMILES string of the molecule is CCOc1cc(/C=C2/SC(=O)N(Cc3ccccc3Br)C2=O)ccc1OCc1cccc([N+](=O)[O-])c1. The van der Waals surface area contributed by atoms with Crippen LogP contribution in [0.15, 0.2) is 76.1 Å². The Hall–Kier alpha value is -3.63. The van der Waals surface area contributed by atoms with Crippen molar-refractivity contribution >= 4 is 50.6 Å². The van der Waals surface area contributed by atoms with Gasteiger partial charge in [0, 0.05) is 16.6 Å². The lowest BCUT2D eigenvalue weighted by Crippen LogP contribution is -2.27. The molecule has 0 saturated carbocycles. The summed E-state index contributed by atoms with van der Waals surface area (Å²) >= 11 is 4.35. The summed E-state index contributed by atoms with van der Waals surface area (Å²) in [5.41, 5.74) is 2.15. The van der Waals surface area contributed by atoms with Crippen molar-refractivity contribution in [3.8, 4) is 11.5 Å². The molecule has 0 aliphatic carbocycles. The molecule has 2 amide bonds. The van der Waals surface area contributed by atoms with Crippen molar-refractivity contribution in [1.29, 1.82) is 0 Å². The van der Waals surface area contributed by atoms with Gasteiger partial charge >= 0.3 is 0 Å². The third-order valence-corrected chi connectivity index (χ3v) is 6.92. The number of nitro groups is 1. The number of thioether (sulfide) groups is 1. The van der Waals surface area contributed by atoms with Gasteiger partial charge in [0.15, 0.2) is 11.5 Å². The highest BCUT2D eigenvalue weighted by Gasteiger charge is 2.35. The van der Waals surface area contributed by atoms with E-state index < -0.39 is 4.92 Å². The number of nitro benzene ring substituents is 1. The molecule has 0 N–H and O–H groups in total. The Kier molecular flexibility index (Phi) is 8.07. The lowest BCUT2D eigenvalue weighted by atomic mass is 10.1. The molecule has 0 radical (unpaired) electrons. The number of ether oxygens (including phenoxy) is 2. The molecule has 4 rings (SSSR count). The molecule has 8 nitrogen and oxygen atoms in total. The summed E-state index contributed by atoms with van der Waals surface area (Å²) in [6.45, 7) is 2.52. The minimum Gasteiger partial charge on any atom is -0.490 e.